The third kappa shape index (κ3) is 6.12. The highest BCUT2D eigenvalue weighted by atomic mass is 35.5. The zero-order valence-electron chi connectivity index (χ0n) is 13.2. The van der Waals surface area contributed by atoms with Crippen LogP contribution in [0, 0.1) is 0 Å². The largest absolute Gasteiger partial charge is 0.490 e. The van der Waals surface area contributed by atoms with Gasteiger partial charge < -0.3 is 10.1 Å². The van der Waals surface area contributed by atoms with Gasteiger partial charge in [0.25, 0.3) is 0 Å². The number of rotatable bonds is 6. The molecule has 2 aromatic carbocycles. The molecule has 0 spiro atoms. The molecule has 0 saturated carbocycles. The lowest BCUT2D eigenvalue weighted by atomic mass is 10.2. The average Bonchev–Trinajstić information content (AvgIpc) is 2.62. The zero-order valence-corrected chi connectivity index (χ0v) is 14.0. The molecule has 0 radical (unpaired) electrons. The van der Waals surface area contributed by atoms with Crippen molar-refractivity contribution in [3.63, 3.8) is 0 Å². The normalized spacial score (nSPS) is 10.3. The van der Waals surface area contributed by atoms with E-state index in [0.29, 0.717) is 28.6 Å². The van der Waals surface area contributed by atoms with Gasteiger partial charge >= 0.3 is 11.8 Å². The molecule has 2 N–H and O–H groups in total. The van der Waals surface area contributed by atoms with E-state index >= 15 is 0 Å². The molecule has 0 heterocycles. The molecule has 6 nitrogen and oxygen atoms in total. The maximum atomic E-state index is 11.8. The number of carbonyl (C=O) groups excluding carboxylic acids is 2. The van der Waals surface area contributed by atoms with Gasteiger partial charge in [0.2, 0.25) is 0 Å². The van der Waals surface area contributed by atoms with Crippen LogP contribution in [0.15, 0.2) is 66.3 Å². The van der Waals surface area contributed by atoms with Crippen LogP contribution in [0.1, 0.15) is 5.56 Å². The summed E-state index contributed by atoms with van der Waals surface area (Å²) < 4.78 is 5.40. The fourth-order valence-electron chi connectivity index (χ4n) is 1.78. The van der Waals surface area contributed by atoms with Crippen molar-refractivity contribution < 1.29 is 14.3 Å². The first-order chi connectivity index (χ1) is 12.1. The monoisotopic (exact) mass is 357 g/mol. The molecule has 25 heavy (non-hydrogen) atoms. The molecular weight excluding hydrogens is 342 g/mol. The molecule has 0 aliphatic rings. The van der Waals surface area contributed by atoms with Gasteiger partial charge in [0.1, 0.15) is 12.4 Å². The number of hydrogen-bond acceptors (Lipinski definition) is 4. The van der Waals surface area contributed by atoms with Crippen molar-refractivity contribution in [3.8, 4) is 5.75 Å². The average molecular weight is 358 g/mol. The highest BCUT2D eigenvalue weighted by molar-refractivity contribution is 6.39. The van der Waals surface area contributed by atoms with Gasteiger partial charge in [0, 0.05) is 10.7 Å². The molecular formula is C18H16ClN3O3. The van der Waals surface area contributed by atoms with Crippen LogP contribution in [0.3, 0.4) is 0 Å². The number of nitrogens with zero attached hydrogens (tertiary/aromatic N) is 1. The van der Waals surface area contributed by atoms with Gasteiger partial charge in [-0.1, -0.05) is 36.4 Å². The van der Waals surface area contributed by atoms with Gasteiger partial charge in [0.15, 0.2) is 0 Å². The maximum absolute atomic E-state index is 11.8. The number of hydrazone groups is 1. The summed E-state index contributed by atoms with van der Waals surface area (Å²) in [4.78, 5) is 23.5. The fourth-order valence-corrected chi connectivity index (χ4v) is 1.90. The molecule has 0 fully saturated rings. The second-order valence-corrected chi connectivity index (χ2v) is 5.27. The van der Waals surface area contributed by atoms with E-state index in [0.717, 1.165) is 0 Å². The number of ether oxygens (including phenoxy) is 1. The standard InChI is InChI=1S/C18H16ClN3O3/c1-2-10-25-16-5-3-4-13(11-16)12-20-22-18(24)17(23)21-15-8-6-14(19)7-9-15/h2-9,11-12H,1,10H2,(H,21,23)(H,22,24). The molecule has 2 amide bonds. The predicted octanol–water partition coefficient (Wildman–Crippen LogP) is 2.99. The van der Waals surface area contributed by atoms with E-state index in [2.05, 4.69) is 22.4 Å². The summed E-state index contributed by atoms with van der Waals surface area (Å²) in [6, 6.07) is 13.5. The minimum absolute atomic E-state index is 0.391. The SMILES string of the molecule is C=CCOc1cccc(C=NNC(=O)C(=O)Nc2ccc(Cl)cc2)c1. The van der Waals surface area contributed by atoms with Crippen molar-refractivity contribution in [2.24, 2.45) is 5.10 Å². The van der Waals surface area contributed by atoms with Crippen molar-refractivity contribution in [1.82, 2.24) is 5.43 Å². The van der Waals surface area contributed by atoms with Crippen LogP contribution in [0.2, 0.25) is 5.02 Å². The van der Waals surface area contributed by atoms with Gasteiger partial charge in [0.05, 0.1) is 6.21 Å². The Kier molecular flexibility index (Phi) is 6.74. The van der Waals surface area contributed by atoms with Crippen LogP contribution in [0.4, 0.5) is 5.69 Å². The number of halogens is 1. The molecule has 0 unspecified atom stereocenters. The van der Waals surface area contributed by atoms with Crippen LogP contribution in [-0.2, 0) is 9.59 Å². The highest BCUT2D eigenvalue weighted by Gasteiger charge is 2.12. The second kappa shape index (κ2) is 9.24. The van der Waals surface area contributed by atoms with Gasteiger partial charge in [-0.15, -0.1) is 0 Å². The molecule has 0 bridgehead atoms. The van der Waals surface area contributed by atoms with Gasteiger partial charge in [-0.05, 0) is 42.0 Å². The van der Waals surface area contributed by atoms with Crippen molar-refractivity contribution in [1.29, 1.82) is 0 Å². The number of nitrogens with one attached hydrogen (secondary N) is 2. The first kappa shape index (κ1) is 18.2. The summed E-state index contributed by atoms with van der Waals surface area (Å²) in [5.41, 5.74) is 3.33. The van der Waals surface area contributed by atoms with E-state index in [4.69, 9.17) is 16.3 Å². The summed E-state index contributed by atoms with van der Waals surface area (Å²) in [6.45, 7) is 3.97. The van der Waals surface area contributed by atoms with Crippen LogP contribution in [0.25, 0.3) is 0 Å². The van der Waals surface area contributed by atoms with Crippen molar-refractivity contribution in [2.75, 3.05) is 11.9 Å². The van der Waals surface area contributed by atoms with E-state index in [-0.39, 0.29) is 0 Å². The van der Waals surface area contributed by atoms with Crippen LogP contribution in [0.5, 0.6) is 5.75 Å². The molecule has 2 rings (SSSR count). The fraction of sp³-hybridized carbons (Fsp3) is 0.0556. The van der Waals surface area contributed by atoms with E-state index in [1.165, 1.54) is 6.21 Å². The van der Waals surface area contributed by atoms with Gasteiger partial charge in [-0.3, -0.25) is 9.59 Å². The lowest BCUT2D eigenvalue weighted by molar-refractivity contribution is -0.136. The van der Waals surface area contributed by atoms with Crippen LogP contribution in [-0.4, -0.2) is 24.6 Å². The van der Waals surface area contributed by atoms with Crippen molar-refractivity contribution >= 4 is 35.3 Å². The number of hydrogen-bond donors (Lipinski definition) is 2. The Balaban J connectivity index is 1.88. The quantitative estimate of drug-likeness (QED) is 0.361. The number of carbonyl (C=O) groups is 2. The number of benzene rings is 2. The summed E-state index contributed by atoms with van der Waals surface area (Å²) in [5, 5.41) is 6.73. The Bertz CT molecular complexity index is 788. The first-order valence-corrected chi connectivity index (χ1v) is 7.70. The highest BCUT2D eigenvalue weighted by Crippen LogP contribution is 2.13. The van der Waals surface area contributed by atoms with E-state index < -0.39 is 11.8 Å². The lowest BCUT2D eigenvalue weighted by Gasteiger charge is -2.04. The van der Waals surface area contributed by atoms with Gasteiger partial charge in [-0.2, -0.15) is 5.10 Å². The van der Waals surface area contributed by atoms with E-state index in [9.17, 15) is 9.59 Å². The Hall–Kier alpha value is -3.12. The third-order valence-corrected chi connectivity index (χ3v) is 3.17. The summed E-state index contributed by atoms with van der Waals surface area (Å²) in [6.07, 6.45) is 3.05. The van der Waals surface area contributed by atoms with Crippen molar-refractivity contribution in [3.05, 3.63) is 71.8 Å². The Labute approximate surface area is 150 Å². The first-order valence-electron chi connectivity index (χ1n) is 7.32. The molecule has 0 saturated heterocycles. The Morgan fingerprint density at radius 2 is 1.92 bits per heavy atom. The smallest absolute Gasteiger partial charge is 0.329 e. The number of anilines is 1. The minimum atomic E-state index is -0.884. The predicted molar refractivity (Wildman–Crippen MR) is 98.0 cm³/mol. The minimum Gasteiger partial charge on any atom is -0.490 e. The van der Waals surface area contributed by atoms with Crippen molar-refractivity contribution in [2.45, 2.75) is 0 Å². The maximum Gasteiger partial charge on any atom is 0.329 e. The van der Waals surface area contributed by atoms with E-state index in [1.807, 2.05) is 0 Å². The Morgan fingerprint density at radius 1 is 1.16 bits per heavy atom. The molecule has 0 aliphatic heterocycles. The topological polar surface area (TPSA) is 79.8 Å². The molecule has 0 aromatic heterocycles. The van der Waals surface area contributed by atoms with E-state index in [1.54, 1.807) is 54.6 Å². The summed E-state index contributed by atoms with van der Waals surface area (Å²) >= 11 is 5.75. The summed E-state index contributed by atoms with van der Waals surface area (Å²) in [7, 11) is 0. The van der Waals surface area contributed by atoms with Crippen LogP contribution < -0.4 is 15.5 Å². The molecule has 128 valence electrons. The summed E-state index contributed by atoms with van der Waals surface area (Å²) in [5.74, 6) is -1.07. The molecule has 7 heteroatoms. The third-order valence-electron chi connectivity index (χ3n) is 2.91. The molecule has 2 aromatic rings. The lowest BCUT2D eigenvalue weighted by Crippen LogP contribution is -2.32. The zero-order chi connectivity index (χ0) is 18.1. The number of amides is 2. The molecule has 0 atom stereocenters. The Morgan fingerprint density at radius 3 is 2.64 bits per heavy atom. The van der Waals surface area contributed by atoms with Crippen LogP contribution >= 0.6 is 11.6 Å². The van der Waals surface area contributed by atoms with Gasteiger partial charge in [-0.25, -0.2) is 5.43 Å². The second-order valence-electron chi connectivity index (χ2n) is 4.83. The molecule has 0 aliphatic carbocycles.